The summed E-state index contributed by atoms with van der Waals surface area (Å²) in [5.41, 5.74) is 4.68. The Morgan fingerprint density at radius 3 is 2.31 bits per heavy atom. The summed E-state index contributed by atoms with van der Waals surface area (Å²) >= 11 is 0. The van der Waals surface area contributed by atoms with Crippen LogP contribution in [0, 0.1) is 5.82 Å². The molecule has 1 aliphatic rings. The molecule has 0 radical (unpaired) electrons. The third kappa shape index (κ3) is 4.07. The molecule has 0 saturated heterocycles. The predicted molar refractivity (Wildman–Crippen MR) is 126 cm³/mol. The minimum atomic E-state index is -3.33. The highest BCUT2D eigenvalue weighted by Gasteiger charge is 2.16. The number of sulfone groups is 1. The molecule has 0 atom stereocenters. The van der Waals surface area contributed by atoms with Gasteiger partial charge in [-0.25, -0.2) is 17.8 Å². The molecule has 1 saturated carbocycles. The molecule has 1 aromatic heterocycles. The van der Waals surface area contributed by atoms with Gasteiger partial charge in [0.05, 0.1) is 21.5 Å². The first-order valence-electron chi connectivity index (χ1n) is 11.0. The van der Waals surface area contributed by atoms with Gasteiger partial charge in [-0.3, -0.25) is 0 Å². The fourth-order valence-corrected chi connectivity index (χ4v) is 5.26. The second-order valence-electron chi connectivity index (χ2n) is 8.69. The van der Waals surface area contributed by atoms with Gasteiger partial charge in [0.25, 0.3) is 0 Å². The van der Waals surface area contributed by atoms with Crippen molar-refractivity contribution < 1.29 is 12.8 Å². The van der Waals surface area contributed by atoms with E-state index in [0.29, 0.717) is 28.3 Å². The van der Waals surface area contributed by atoms with Crippen molar-refractivity contribution in [2.24, 2.45) is 0 Å². The standard InChI is InChI=1S/C26H25FN2O2S/c1-32(30,31)21-12-14-24-25(16-21)29-26(28-24)22-13-11-20(15-23(22)27)19-9-7-18(8-10-19)17-5-3-2-4-6-17/h7-17H,2-6H2,1H3,(H,28,29). The van der Waals surface area contributed by atoms with E-state index in [1.54, 1.807) is 12.1 Å². The molecular formula is C26H25FN2O2S. The number of hydrogen-bond donors (Lipinski definition) is 1. The van der Waals surface area contributed by atoms with Gasteiger partial charge in [-0.05, 0) is 65.8 Å². The van der Waals surface area contributed by atoms with Crippen molar-refractivity contribution in [1.29, 1.82) is 0 Å². The zero-order valence-electron chi connectivity index (χ0n) is 17.9. The number of aromatic amines is 1. The van der Waals surface area contributed by atoms with Crippen LogP contribution in [0.5, 0.6) is 0 Å². The van der Waals surface area contributed by atoms with E-state index >= 15 is 4.39 Å². The lowest BCUT2D eigenvalue weighted by molar-refractivity contribution is 0.443. The van der Waals surface area contributed by atoms with Crippen LogP contribution in [-0.2, 0) is 9.84 Å². The first-order chi connectivity index (χ1) is 15.4. The number of nitrogens with zero attached hydrogens (tertiary/aromatic N) is 1. The molecular weight excluding hydrogens is 423 g/mol. The number of rotatable bonds is 4. The monoisotopic (exact) mass is 448 g/mol. The fourth-order valence-electron chi connectivity index (χ4n) is 4.62. The normalized spacial score (nSPS) is 15.3. The molecule has 1 N–H and O–H groups in total. The smallest absolute Gasteiger partial charge is 0.175 e. The van der Waals surface area contributed by atoms with Crippen molar-refractivity contribution in [1.82, 2.24) is 9.97 Å². The average molecular weight is 449 g/mol. The first kappa shape index (κ1) is 20.9. The summed E-state index contributed by atoms with van der Waals surface area (Å²) in [5, 5.41) is 0. The molecule has 1 heterocycles. The molecule has 3 aromatic carbocycles. The molecule has 32 heavy (non-hydrogen) atoms. The summed E-state index contributed by atoms with van der Waals surface area (Å²) in [5.74, 6) is 0.650. The number of fused-ring (bicyclic) bond motifs is 1. The van der Waals surface area contributed by atoms with Gasteiger partial charge in [0.15, 0.2) is 9.84 Å². The molecule has 0 spiro atoms. The largest absolute Gasteiger partial charge is 0.338 e. The molecule has 5 rings (SSSR count). The van der Waals surface area contributed by atoms with Crippen LogP contribution in [0.15, 0.2) is 65.6 Å². The van der Waals surface area contributed by atoms with Gasteiger partial charge in [-0.2, -0.15) is 0 Å². The Hall–Kier alpha value is -2.99. The lowest BCUT2D eigenvalue weighted by Gasteiger charge is -2.22. The Kier molecular flexibility index (Phi) is 5.33. The Morgan fingerprint density at radius 1 is 0.906 bits per heavy atom. The molecule has 4 aromatic rings. The second kappa shape index (κ2) is 8.17. The van der Waals surface area contributed by atoms with E-state index in [4.69, 9.17) is 0 Å². The van der Waals surface area contributed by atoms with Gasteiger partial charge in [0.2, 0.25) is 0 Å². The zero-order valence-corrected chi connectivity index (χ0v) is 18.8. The van der Waals surface area contributed by atoms with Crippen molar-refractivity contribution >= 4 is 20.9 Å². The van der Waals surface area contributed by atoms with Gasteiger partial charge in [-0.15, -0.1) is 0 Å². The summed E-state index contributed by atoms with van der Waals surface area (Å²) in [7, 11) is -3.33. The van der Waals surface area contributed by atoms with E-state index < -0.39 is 9.84 Å². The number of halogens is 1. The molecule has 0 unspecified atom stereocenters. The number of imidazole rings is 1. The van der Waals surface area contributed by atoms with Crippen molar-refractivity contribution in [2.45, 2.75) is 42.9 Å². The van der Waals surface area contributed by atoms with Gasteiger partial charge < -0.3 is 4.98 Å². The Morgan fingerprint density at radius 2 is 1.62 bits per heavy atom. The molecule has 6 heteroatoms. The molecule has 1 aliphatic carbocycles. The van der Waals surface area contributed by atoms with Crippen LogP contribution in [0.2, 0.25) is 0 Å². The number of benzene rings is 3. The maximum absolute atomic E-state index is 15.0. The van der Waals surface area contributed by atoms with Crippen molar-refractivity contribution in [3.05, 3.63) is 72.0 Å². The van der Waals surface area contributed by atoms with E-state index in [9.17, 15) is 8.42 Å². The maximum Gasteiger partial charge on any atom is 0.175 e. The summed E-state index contributed by atoms with van der Waals surface area (Å²) in [6, 6.07) is 18.3. The fraction of sp³-hybridized carbons (Fsp3) is 0.269. The first-order valence-corrected chi connectivity index (χ1v) is 12.9. The molecule has 4 nitrogen and oxygen atoms in total. The lowest BCUT2D eigenvalue weighted by Crippen LogP contribution is -2.04. The Balaban J connectivity index is 1.43. The van der Waals surface area contributed by atoms with E-state index in [0.717, 1.165) is 17.4 Å². The lowest BCUT2D eigenvalue weighted by atomic mass is 9.83. The van der Waals surface area contributed by atoms with E-state index in [1.807, 2.05) is 6.07 Å². The maximum atomic E-state index is 15.0. The van der Waals surface area contributed by atoms with Gasteiger partial charge in [0.1, 0.15) is 11.6 Å². The SMILES string of the molecule is CS(=O)(=O)c1ccc2nc(-c3ccc(-c4ccc(C5CCCCC5)cc4)cc3F)[nH]c2c1. The summed E-state index contributed by atoms with van der Waals surface area (Å²) < 4.78 is 38.6. The predicted octanol–water partition coefficient (Wildman–Crippen LogP) is 6.49. The van der Waals surface area contributed by atoms with E-state index in [-0.39, 0.29) is 10.7 Å². The molecule has 1 fully saturated rings. The number of aromatic nitrogens is 2. The summed E-state index contributed by atoms with van der Waals surface area (Å²) in [4.78, 5) is 7.70. The van der Waals surface area contributed by atoms with E-state index in [1.165, 1.54) is 55.9 Å². The minimum Gasteiger partial charge on any atom is -0.338 e. The summed E-state index contributed by atoms with van der Waals surface area (Å²) in [6.45, 7) is 0. The highest BCUT2D eigenvalue weighted by atomic mass is 32.2. The minimum absolute atomic E-state index is 0.202. The van der Waals surface area contributed by atoms with Crippen LogP contribution in [-0.4, -0.2) is 24.6 Å². The number of hydrogen-bond acceptors (Lipinski definition) is 3. The summed E-state index contributed by atoms with van der Waals surface area (Å²) in [6.07, 6.45) is 7.61. The Labute approximate surface area is 187 Å². The highest BCUT2D eigenvalue weighted by molar-refractivity contribution is 7.90. The number of H-pyrrole nitrogens is 1. The highest BCUT2D eigenvalue weighted by Crippen LogP contribution is 2.34. The van der Waals surface area contributed by atoms with Crippen molar-refractivity contribution in [3.8, 4) is 22.5 Å². The van der Waals surface area contributed by atoms with Crippen LogP contribution in [0.1, 0.15) is 43.6 Å². The van der Waals surface area contributed by atoms with E-state index in [2.05, 4.69) is 34.2 Å². The third-order valence-corrected chi connectivity index (χ3v) is 7.54. The Bertz CT molecular complexity index is 1390. The van der Waals surface area contributed by atoms with Gasteiger partial charge in [-0.1, -0.05) is 49.6 Å². The zero-order chi connectivity index (χ0) is 22.3. The van der Waals surface area contributed by atoms with Crippen LogP contribution in [0.25, 0.3) is 33.5 Å². The van der Waals surface area contributed by atoms with Gasteiger partial charge in [0, 0.05) is 6.26 Å². The topological polar surface area (TPSA) is 62.8 Å². The quantitative estimate of drug-likeness (QED) is 0.388. The molecule has 164 valence electrons. The van der Waals surface area contributed by atoms with Crippen molar-refractivity contribution in [2.75, 3.05) is 6.26 Å². The van der Waals surface area contributed by atoms with Gasteiger partial charge >= 0.3 is 0 Å². The van der Waals surface area contributed by atoms with Crippen molar-refractivity contribution in [3.63, 3.8) is 0 Å². The van der Waals surface area contributed by atoms with Crippen LogP contribution in [0.4, 0.5) is 4.39 Å². The third-order valence-electron chi connectivity index (χ3n) is 6.43. The second-order valence-corrected chi connectivity index (χ2v) is 10.7. The number of nitrogens with one attached hydrogen (secondary N) is 1. The molecule has 0 aliphatic heterocycles. The molecule has 0 bridgehead atoms. The molecule has 0 amide bonds. The van der Waals surface area contributed by atoms with Crippen LogP contribution in [0.3, 0.4) is 0 Å². The van der Waals surface area contributed by atoms with Crippen LogP contribution < -0.4 is 0 Å². The van der Waals surface area contributed by atoms with Crippen LogP contribution >= 0.6 is 0 Å². The average Bonchev–Trinajstić information content (AvgIpc) is 3.22.